The zero-order valence-corrected chi connectivity index (χ0v) is 14.7. The van der Waals surface area contributed by atoms with Crippen LogP contribution in [0.2, 0.25) is 0 Å². The van der Waals surface area contributed by atoms with Crippen LogP contribution in [0.5, 0.6) is 0 Å². The first-order valence-corrected chi connectivity index (χ1v) is 6.79. The van der Waals surface area contributed by atoms with Gasteiger partial charge in [-0.3, -0.25) is 4.79 Å². The largest absolute Gasteiger partial charge is 0.397 e. The van der Waals surface area contributed by atoms with Crippen LogP contribution in [-0.4, -0.2) is 36.4 Å². The maximum Gasteiger partial charge on any atom is 0.269 e. The number of benzene rings is 1. The number of likely N-dealkylation sites (N-methyl/N-ethyl adjacent to an activating group) is 1. The van der Waals surface area contributed by atoms with Crippen molar-refractivity contribution in [3.63, 3.8) is 0 Å². The van der Waals surface area contributed by atoms with Crippen LogP contribution in [0.1, 0.15) is 22.1 Å². The minimum Gasteiger partial charge on any atom is -0.397 e. The number of rotatable bonds is 5. The first-order chi connectivity index (χ1) is 10.1. The van der Waals surface area contributed by atoms with Crippen molar-refractivity contribution in [2.45, 2.75) is 6.04 Å². The molecular formula is C16H22Cl2N4O. The summed E-state index contributed by atoms with van der Waals surface area (Å²) >= 11 is 0. The normalized spacial score (nSPS) is 11.1. The SMILES string of the molecule is CN(C)C(CNC(=O)c1ccc(N)cn1)c1ccccc1.Cl.Cl. The van der Waals surface area contributed by atoms with Gasteiger partial charge in [0.15, 0.2) is 0 Å². The number of hydrogen-bond acceptors (Lipinski definition) is 4. The summed E-state index contributed by atoms with van der Waals surface area (Å²) in [5.41, 5.74) is 7.64. The average molecular weight is 357 g/mol. The molecule has 5 nitrogen and oxygen atoms in total. The summed E-state index contributed by atoms with van der Waals surface area (Å²) in [4.78, 5) is 18.2. The standard InChI is InChI=1S/C16H20N4O.2ClH/c1-20(2)15(12-6-4-3-5-7-12)11-19-16(21)14-9-8-13(17)10-18-14;;/h3-10,15H,11,17H2,1-2H3,(H,19,21);2*1H. The molecule has 23 heavy (non-hydrogen) atoms. The van der Waals surface area contributed by atoms with Crippen molar-refractivity contribution >= 4 is 36.4 Å². The highest BCUT2D eigenvalue weighted by molar-refractivity contribution is 5.92. The Morgan fingerprint density at radius 1 is 1.17 bits per heavy atom. The molecule has 0 aliphatic rings. The third kappa shape index (κ3) is 6.06. The molecule has 2 aromatic rings. The molecule has 7 heteroatoms. The highest BCUT2D eigenvalue weighted by Gasteiger charge is 2.15. The lowest BCUT2D eigenvalue weighted by Crippen LogP contribution is -2.34. The van der Waals surface area contributed by atoms with Crippen LogP contribution in [0, 0.1) is 0 Å². The van der Waals surface area contributed by atoms with E-state index in [1.54, 1.807) is 12.1 Å². The number of carbonyl (C=O) groups is 1. The van der Waals surface area contributed by atoms with Gasteiger partial charge in [0.05, 0.1) is 17.9 Å². The van der Waals surface area contributed by atoms with Gasteiger partial charge in [-0.15, -0.1) is 24.8 Å². The van der Waals surface area contributed by atoms with Gasteiger partial charge in [-0.2, -0.15) is 0 Å². The molecule has 0 saturated carbocycles. The lowest BCUT2D eigenvalue weighted by atomic mass is 10.1. The Hall–Kier alpha value is -1.82. The van der Waals surface area contributed by atoms with Gasteiger partial charge in [-0.1, -0.05) is 30.3 Å². The van der Waals surface area contributed by atoms with Crippen molar-refractivity contribution < 1.29 is 4.79 Å². The maximum absolute atomic E-state index is 12.1. The van der Waals surface area contributed by atoms with Crippen LogP contribution in [0.25, 0.3) is 0 Å². The third-order valence-electron chi connectivity index (χ3n) is 3.28. The van der Waals surface area contributed by atoms with E-state index in [0.29, 0.717) is 17.9 Å². The van der Waals surface area contributed by atoms with E-state index in [4.69, 9.17) is 5.73 Å². The number of nitrogens with zero attached hydrogens (tertiary/aromatic N) is 2. The van der Waals surface area contributed by atoms with Gasteiger partial charge in [0.2, 0.25) is 0 Å². The second-order valence-electron chi connectivity index (χ2n) is 5.08. The second-order valence-corrected chi connectivity index (χ2v) is 5.08. The molecule has 0 aliphatic heterocycles. The van der Waals surface area contributed by atoms with E-state index in [1.165, 1.54) is 6.20 Å². The summed E-state index contributed by atoms with van der Waals surface area (Å²) in [6, 6.07) is 13.5. The van der Waals surface area contributed by atoms with Crippen LogP contribution in [-0.2, 0) is 0 Å². The van der Waals surface area contributed by atoms with Crippen LogP contribution in [0.15, 0.2) is 48.7 Å². The average Bonchev–Trinajstić information content (AvgIpc) is 2.48. The molecule has 126 valence electrons. The fourth-order valence-electron chi connectivity index (χ4n) is 2.09. The fraction of sp³-hybridized carbons (Fsp3) is 0.250. The molecule has 0 spiro atoms. The number of halogens is 2. The molecule has 1 heterocycles. The van der Waals surface area contributed by atoms with Gasteiger partial charge >= 0.3 is 0 Å². The quantitative estimate of drug-likeness (QED) is 0.863. The summed E-state index contributed by atoms with van der Waals surface area (Å²) in [6.07, 6.45) is 1.48. The first-order valence-electron chi connectivity index (χ1n) is 6.79. The molecule has 0 fully saturated rings. The van der Waals surface area contributed by atoms with Gasteiger partial charge in [0, 0.05) is 6.54 Å². The molecule has 0 radical (unpaired) electrons. The van der Waals surface area contributed by atoms with Crippen molar-refractivity contribution in [1.82, 2.24) is 15.2 Å². The van der Waals surface area contributed by atoms with Crippen molar-refractivity contribution in [1.29, 1.82) is 0 Å². The highest BCUT2D eigenvalue weighted by atomic mass is 35.5. The van der Waals surface area contributed by atoms with Gasteiger partial charge in [0.25, 0.3) is 5.91 Å². The predicted molar refractivity (Wildman–Crippen MR) is 98.3 cm³/mol. The van der Waals surface area contributed by atoms with Crippen LogP contribution >= 0.6 is 24.8 Å². The van der Waals surface area contributed by atoms with E-state index in [2.05, 4.69) is 27.3 Å². The first kappa shape index (κ1) is 21.2. The Morgan fingerprint density at radius 3 is 2.35 bits per heavy atom. The fourth-order valence-corrected chi connectivity index (χ4v) is 2.09. The van der Waals surface area contributed by atoms with Crippen LogP contribution in [0.4, 0.5) is 5.69 Å². The molecule has 2 rings (SSSR count). The number of amides is 1. The van der Waals surface area contributed by atoms with E-state index in [9.17, 15) is 4.79 Å². The number of anilines is 1. The Balaban J connectivity index is 0.00000242. The smallest absolute Gasteiger partial charge is 0.269 e. The van der Waals surface area contributed by atoms with Crippen LogP contribution in [0.3, 0.4) is 0 Å². The van der Waals surface area contributed by atoms with Gasteiger partial charge < -0.3 is 16.0 Å². The number of nitrogens with one attached hydrogen (secondary N) is 1. The number of pyridine rings is 1. The molecule has 1 aromatic heterocycles. The van der Waals surface area contributed by atoms with E-state index >= 15 is 0 Å². The topological polar surface area (TPSA) is 71.2 Å². The number of aromatic nitrogens is 1. The number of nitrogens with two attached hydrogens (primary N) is 1. The van der Waals surface area contributed by atoms with Gasteiger partial charge in [-0.25, -0.2) is 4.98 Å². The lowest BCUT2D eigenvalue weighted by molar-refractivity contribution is 0.0937. The summed E-state index contributed by atoms with van der Waals surface area (Å²) < 4.78 is 0. The molecule has 0 aliphatic carbocycles. The number of carbonyl (C=O) groups excluding carboxylic acids is 1. The van der Waals surface area contributed by atoms with E-state index in [0.717, 1.165) is 5.56 Å². The van der Waals surface area contributed by atoms with Crippen molar-refractivity contribution in [2.24, 2.45) is 0 Å². The molecule has 0 bridgehead atoms. The molecular weight excluding hydrogens is 335 g/mol. The molecule has 1 unspecified atom stereocenters. The summed E-state index contributed by atoms with van der Waals surface area (Å²) in [6.45, 7) is 0.516. The highest BCUT2D eigenvalue weighted by Crippen LogP contribution is 2.16. The maximum atomic E-state index is 12.1. The predicted octanol–water partition coefficient (Wildman–Crippen LogP) is 2.54. The molecule has 3 N–H and O–H groups in total. The molecule has 0 saturated heterocycles. The Labute approximate surface area is 149 Å². The molecule has 1 atom stereocenters. The summed E-state index contributed by atoms with van der Waals surface area (Å²) in [5, 5.41) is 2.91. The van der Waals surface area contributed by atoms with E-state index in [-0.39, 0.29) is 36.8 Å². The molecule has 1 amide bonds. The van der Waals surface area contributed by atoms with Crippen molar-refractivity contribution in [3.05, 3.63) is 59.9 Å². The Kier molecular flexibility index (Phi) is 9.25. The minimum atomic E-state index is -0.196. The van der Waals surface area contributed by atoms with Crippen molar-refractivity contribution in [2.75, 3.05) is 26.4 Å². The van der Waals surface area contributed by atoms with Gasteiger partial charge in [0.1, 0.15) is 5.69 Å². The third-order valence-corrected chi connectivity index (χ3v) is 3.28. The summed E-state index contributed by atoms with van der Waals surface area (Å²) in [7, 11) is 3.98. The number of hydrogen-bond donors (Lipinski definition) is 2. The minimum absolute atomic E-state index is 0. The van der Waals surface area contributed by atoms with Crippen molar-refractivity contribution in [3.8, 4) is 0 Å². The monoisotopic (exact) mass is 356 g/mol. The Bertz CT molecular complexity index is 591. The van der Waals surface area contributed by atoms with Crippen LogP contribution < -0.4 is 11.1 Å². The van der Waals surface area contributed by atoms with E-state index in [1.807, 2.05) is 32.3 Å². The Morgan fingerprint density at radius 2 is 1.83 bits per heavy atom. The van der Waals surface area contributed by atoms with E-state index < -0.39 is 0 Å². The summed E-state index contributed by atoms with van der Waals surface area (Å²) in [5.74, 6) is -0.196. The lowest BCUT2D eigenvalue weighted by Gasteiger charge is -2.25. The number of nitrogen functional groups attached to an aromatic ring is 1. The molecule has 1 aromatic carbocycles. The second kappa shape index (κ2) is 10.0. The van der Waals surface area contributed by atoms with Gasteiger partial charge in [-0.05, 0) is 31.8 Å². The zero-order valence-electron chi connectivity index (χ0n) is 13.1. The zero-order chi connectivity index (χ0) is 15.2.